The molecular formula is C25H40BFN2O6Si. The largest absolute Gasteiger partial charge is 0.463 e. The van der Waals surface area contributed by atoms with E-state index in [0.29, 0.717) is 24.9 Å². The summed E-state index contributed by atoms with van der Waals surface area (Å²) in [7, 11) is -2.58. The van der Waals surface area contributed by atoms with Gasteiger partial charge in [-0.3, -0.25) is 14.3 Å². The molecule has 6 rings (SSSR count). The van der Waals surface area contributed by atoms with Crippen LogP contribution in [0.4, 0.5) is 4.39 Å². The number of aromatic amines is 1. The van der Waals surface area contributed by atoms with E-state index in [1.54, 1.807) is 0 Å². The van der Waals surface area contributed by atoms with Crippen molar-refractivity contribution in [3.05, 3.63) is 32.9 Å². The minimum absolute atomic E-state index is 0.0218. The maximum absolute atomic E-state index is 14.1. The van der Waals surface area contributed by atoms with Crippen molar-refractivity contribution in [1.29, 1.82) is 0 Å². The highest BCUT2D eigenvalue weighted by molar-refractivity contribution is 6.74. The van der Waals surface area contributed by atoms with Crippen molar-refractivity contribution in [2.75, 3.05) is 6.61 Å². The molecule has 5 aliphatic rings. The van der Waals surface area contributed by atoms with Gasteiger partial charge in [0.05, 0.1) is 30.6 Å². The summed E-state index contributed by atoms with van der Waals surface area (Å²) < 4.78 is 41.4. The Kier molecular flexibility index (Phi) is 6.12. The van der Waals surface area contributed by atoms with Crippen LogP contribution in [0.25, 0.3) is 0 Å². The smallest absolute Gasteiger partial charge is 0.414 e. The van der Waals surface area contributed by atoms with E-state index in [-0.39, 0.29) is 28.0 Å². The fourth-order valence-corrected chi connectivity index (χ4v) is 7.65. The SMILES string of the molecule is CC1(C)[C@@H]2C[C@H]3OB([C@H]4C[C@@H](n5cc(F)c(=O)[nH]c5=O)O[C@@H]4CO[Si](C)(C)C(C)(C)C)O[C@@]3(C)[C@H]1C2. The average Bonchev–Trinajstić information content (AvgIpc) is 3.34. The number of ether oxygens (including phenoxy) is 1. The van der Waals surface area contributed by atoms with Gasteiger partial charge in [0.25, 0.3) is 5.56 Å². The summed E-state index contributed by atoms with van der Waals surface area (Å²) in [5.74, 6) is -0.167. The molecule has 8 nitrogen and oxygen atoms in total. The number of rotatable bonds is 5. The molecule has 2 aliphatic heterocycles. The molecule has 3 aliphatic carbocycles. The van der Waals surface area contributed by atoms with Crippen molar-refractivity contribution in [3.8, 4) is 0 Å². The monoisotopic (exact) mass is 522 g/mol. The van der Waals surface area contributed by atoms with E-state index in [4.69, 9.17) is 18.5 Å². The average molecular weight is 522 g/mol. The number of H-pyrrole nitrogens is 1. The van der Waals surface area contributed by atoms with Crippen LogP contribution in [0.2, 0.25) is 23.9 Å². The van der Waals surface area contributed by atoms with Gasteiger partial charge >= 0.3 is 12.8 Å². The van der Waals surface area contributed by atoms with Crippen LogP contribution in [-0.2, 0) is 18.5 Å². The third kappa shape index (κ3) is 4.00. The molecule has 0 spiro atoms. The summed E-state index contributed by atoms with van der Waals surface area (Å²) in [6.45, 7) is 18.1. The molecule has 0 radical (unpaired) electrons. The lowest BCUT2D eigenvalue weighted by atomic mass is 9.43. The summed E-state index contributed by atoms with van der Waals surface area (Å²) >= 11 is 0. The maximum atomic E-state index is 14.1. The van der Waals surface area contributed by atoms with Gasteiger partial charge in [0.1, 0.15) is 6.23 Å². The number of nitrogens with zero attached hydrogens (tertiary/aromatic N) is 1. The van der Waals surface area contributed by atoms with Crippen LogP contribution >= 0.6 is 0 Å². The maximum Gasteiger partial charge on any atom is 0.463 e. The van der Waals surface area contributed by atoms with Crippen LogP contribution in [0, 0.1) is 23.1 Å². The van der Waals surface area contributed by atoms with Crippen molar-refractivity contribution in [2.24, 2.45) is 17.3 Å². The second kappa shape index (κ2) is 8.36. The summed E-state index contributed by atoms with van der Waals surface area (Å²) in [6, 6.07) is 0. The van der Waals surface area contributed by atoms with Crippen LogP contribution in [0.1, 0.15) is 67.0 Å². The summed E-state index contributed by atoms with van der Waals surface area (Å²) in [4.78, 5) is 26.1. The molecule has 1 N–H and O–H groups in total. The first-order valence-corrected chi connectivity index (χ1v) is 16.1. The van der Waals surface area contributed by atoms with Gasteiger partial charge < -0.3 is 18.5 Å². The molecule has 11 heteroatoms. The van der Waals surface area contributed by atoms with Crippen molar-refractivity contribution >= 4 is 15.4 Å². The van der Waals surface area contributed by atoms with E-state index in [2.05, 4.69) is 54.6 Å². The predicted octanol–water partition coefficient (Wildman–Crippen LogP) is 4.08. The summed E-state index contributed by atoms with van der Waals surface area (Å²) in [6.07, 6.45) is 2.31. The van der Waals surface area contributed by atoms with E-state index in [1.165, 1.54) is 0 Å². The first kappa shape index (κ1) is 26.3. The molecule has 200 valence electrons. The van der Waals surface area contributed by atoms with E-state index < -0.39 is 44.8 Å². The minimum Gasteiger partial charge on any atom is -0.414 e. The van der Waals surface area contributed by atoms with Gasteiger partial charge in [0.15, 0.2) is 8.32 Å². The highest BCUT2D eigenvalue weighted by Crippen LogP contribution is 2.66. The number of nitrogens with one attached hydrogen (secondary N) is 1. The molecule has 2 saturated heterocycles. The lowest BCUT2D eigenvalue weighted by Gasteiger charge is -2.64. The molecule has 0 unspecified atom stereocenters. The van der Waals surface area contributed by atoms with Gasteiger partial charge in [0.2, 0.25) is 5.82 Å². The van der Waals surface area contributed by atoms with Crippen LogP contribution in [-0.4, -0.2) is 49.4 Å². The van der Waals surface area contributed by atoms with Crippen LogP contribution in [0.5, 0.6) is 0 Å². The zero-order chi connectivity index (χ0) is 26.4. The van der Waals surface area contributed by atoms with Crippen molar-refractivity contribution < 1.29 is 22.9 Å². The fourth-order valence-electron chi connectivity index (χ4n) is 6.64. The van der Waals surface area contributed by atoms with Gasteiger partial charge in [-0.25, -0.2) is 4.79 Å². The van der Waals surface area contributed by atoms with Crippen LogP contribution < -0.4 is 11.2 Å². The zero-order valence-corrected chi connectivity index (χ0v) is 23.7. The fraction of sp³-hybridized carbons (Fsp3) is 0.840. The number of aromatic nitrogens is 2. The highest BCUT2D eigenvalue weighted by Gasteiger charge is 2.69. The van der Waals surface area contributed by atoms with E-state index in [0.717, 1.165) is 23.6 Å². The topological polar surface area (TPSA) is 91.8 Å². The molecular weight excluding hydrogens is 482 g/mol. The van der Waals surface area contributed by atoms with Crippen molar-refractivity contribution in [2.45, 2.75) is 109 Å². The van der Waals surface area contributed by atoms with E-state index in [9.17, 15) is 14.0 Å². The highest BCUT2D eigenvalue weighted by atomic mass is 28.4. The molecule has 0 aromatic carbocycles. The zero-order valence-electron chi connectivity index (χ0n) is 22.7. The lowest BCUT2D eigenvalue weighted by molar-refractivity contribution is -0.199. The Morgan fingerprint density at radius 3 is 2.56 bits per heavy atom. The molecule has 5 fully saturated rings. The molecule has 1 aromatic rings. The Balaban J connectivity index is 1.41. The lowest BCUT2D eigenvalue weighted by Crippen LogP contribution is -2.65. The molecule has 7 atom stereocenters. The minimum atomic E-state index is -2.08. The van der Waals surface area contributed by atoms with Gasteiger partial charge in [-0.2, -0.15) is 4.39 Å². The Hall–Kier alpha value is -1.27. The normalized spacial score (nSPS) is 37.6. The Labute approximate surface area is 213 Å². The second-order valence-corrected chi connectivity index (χ2v) is 18.4. The summed E-state index contributed by atoms with van der Waals surface area (Å²) in [5.41, 5.74) is -1.88. The molecule has 3 saturated carbocycles. The molecule has 36 heavy (non-hydrogen) atoms. The van der Waals surface area contributed by atoms with Gasteiger partial charge in [-0.1, -0.05) is 34.6 Å². The Morgan fingerprint density at radius 2 is 1.92 bits per heavy atom. The van der Waals surface area contributed by atoms with Gasteiger partial charge in [-0.15, -0.1) is 0 Å². The standard InChI is InChI=1S/C25H40BFN2O6Si/c1-23(2,3)36(7,8)32-13-17-15(11-20(33-17)29-12-16(27)21(30)28-22(29)31)26-34-19-10-14-9-18(24(14,4)5)25(19,6)35-26/h12,14-15,17-20H,9-11,13H2,1-8H3,(H,28,30,31)/t14-,15-,17+,18-,19+,20-,25-/m0/s1. The first-order chi connectivity index (χ1) is 16.5. The Morgan fingerprint density at radius 1 is 1.22 bits per heavy atom. The molecule has 2 bridgehead atoms. The van der Waals surface area contributed by atoms with Crippen molar-refractivity contribution in [1.82, 2.24) is 9.55 Å². The number of hydrogen-bond donors (Lipinski definition) is 1. The van der Waals surface area contributed by atoms with Crippen LogP contribution in [0.15, 0.2) is 15.8 Å². The number of halogens is 1. The van der Waals surface area contributed by atoms with Gasteiger partial charge in [-0.05, 0) is 61.6 Å². The van der Waals surface area contributed by atoms with E-state index >= 15 is 0 Å². The second-order valence-electron chi connectivity index (χ2n) is 13.6. The molecule has 1 aromatic heterocycles. The quantitative estimate of drug-likeness (QED) is 0.586. The van der Waals surface area contributed by atoms with Crippen LogP contribution in [0.3, 0.4) is 0 Å². The molecule has 0 amide bonds. The predicted molar refractivity (Wildman–Crippen MR) is 137 cm³/mol. The third-order valence-electron chi connectivity index (χ3n) is 10.3. The first-order valence-electron chi connectivity index (χ1n) is 13.2. The molecule has 3 heterocycles. The number of hydrogen-bond acceptors (Lipinski definition) is 6. The summed E-state index contributed by atoms with van der Waals surface area (Å²) in [5, 5.41) is 0.0227. The van der Waals surface area contributed by atoms with Gasteiger partial charge in [0, 0.05) is 5.82 Å². The van der Waals surface area contributed by atoms with E-state index in [1.807, 2.05) is 4.98 Å². The Bertz CT molecular complexity index is 1150. The third-order valence-corrected chi connectivity index (χ3v) is 14.8. The van der Waals surface area contributed by atoms with Crippen molar-refractivity contribution in [3.63, 3.8) is 0 Å².